The number of ether oxygens (including phenoxy) is 1. The van der Waals surface area contributed by atoms with E-state index in [4.69, 9.17) is 11.6 Å². The van der Waals surface area contributed by atoms with E-state index >= 15 is 0 Å². The molecule has 0 aromatic heterocycles. The number of rotatable bonds is 9. The summed E-state index contributed by atoms with van der Waals surface area (Å²) in [6, 6.07) is 14.7. The summed E-state index contributed by atoms with van der Waals surface area (Å²) >= 11 is 5.97. The highest BCUT2D eigenvalue weighted by Crippen LogP contribution is 2.32. The Morgan fingerprint density at radius 1 is 1.06 bits per heavy atom. The number of alkyl halides is 2. The van der Waals surface area contributed by atoms with E-state index in [0.29, 0.717) is 23.9 Å². The van der Waals surface area contributed by atoms with Gasteiger partial charge in [-0.1, -0.05) is 41.9 Å². The van der Waals surface area contributed by atoms with Crippen molar-refractivity contribution in [3.8, 4) is 5.75 Å². The molecule has 1 aliphatic heterocycles. The third-order valence-corrected chi connectivity index (χ3v) is 6.57. The average Bonchev–Trinajstić information content (AvgIpc) is 3.60. The fourth-order valence-electron chi connectivity index (χ4n) is 4.39. The lowest BCUT2D eigenvalue weighted by atomic mass is 10.0. The normalized spacial score (nSPS) is 17.5. The first-order valence-corrected chi connectivity index (χ1v) is 11.6. The van der Waals surface area contributed by atoms with Crippen molar-refractivity contribution in [2.45, 2.75) is 51.3 Å². The molecule has 1 aliphatic carbocycles. The fourth-order valence-corrected chi connectivity index (χ4v) is 4.51. The van der Waals surface area contributed by atoms with E-state index in [1.54, 1.807) is 12.1 Å². The van der Waals surface area contributed by atoms with Crippen LogP contribution in [-0.4, -0.2) is 48.0 Å². The van der Waals surface area contributed by atoms with Gasteiger partial charge in [0, 0.05) is 42.8 Å². The van der Waals surface area contributed by atoms with Crippen LogP contribution in [0.25, 0.3) is 0 Å². The van der Waals surface area contributed by atoms with Gasteiger partial charge < -0.3 is 9.64 Å². The highest BCUT2D eigenvalue weighted by Gasteiger charge is 2.33. The van der Waals surface area contributed by atoms with Crippen LogP contribution < -0.4 is 4.74 Å². The lowest BCUT2D eigenvalue weighted by molar-refractivity contribution is -0.134. The summed E-state index contributed by atoms with van der Waals surface area (Å²) in [4.78, 5) is 17.5. The molecule has 1 amide bonds. The number of hydrogen-bond donors (Lipinski definition) is 0. The molecule has 2 aromatic carbocycles. The number of likely N-dealkylation sites (tertiary alicyclic amines) is 1. The standard InChI is InChI=1S/C25H29ClF2N2O2/c26-21-9-7-18(8-10-21)15-24(31)30(16-19-5-6-19)22-11-13-29(14-12-22)17-20-3-1-2-4-23(20)32-25(27)28/h1-4,7-10,19,22,25H,5-6,11-17H2. The molecule has 1 saturated heterocycles. The SMILES string of the molecule is O=C(Cc1ccc(Cl)cc1)N(CC1CC1)C1CCN(Cc2ccccc2OC(F)F)CC1. The zero-order chi connectivity index (χ0) is 22.5. The smallest absolute Gasteiger partial charge is 0.387 e. The largest absolute Gasteiger partial charge is 0.434 e. The van der Waals surface area contributed by atoms with Crippen LogP contribution in [0.15, 0.2) is 48.5 Å². The Labute approximate surface area is 193 Å². The fraction of sp³-hybridized carbons (Fsp3) is 0.480. The van der Waals surface area contributed by atoms with Crippen molar-refractivity contribution in [3.05, 3.63) is 64.7 Å². The summed E-state index contributed by atoms with van der Waals surface area (Å²) in [5, 5.41) is 0.670. The number of halogens is 3. The Kier molecular flexibility index (Phi) is 7.63. The lowest BCUT2D eigenvalue weighted by Crippen LogP contribution is -2.48. The number of amides is 1. The number of carbonyl (C=O) groups excluding carboxylic acids is 1. The number of nitrogens with zero attached hydrogens (tertiary/aromatic N) is 2. The Morgan fingerprint density at radius 3 is 2.41 bits per heavy atom. The maximum Gasteiger partial charge on any atom is 0.387 e. The van der Waals surface area contributed by atoms with E-state index in [0.717, 1.165) is 43.6 Å². The van der Waals surface area contributed by atoms with Crippen LogP contribution in [0.2, 0.25) is 5.02 Å². The molecule has 32 heavy (non-hydrogen) atoms. The van der Waals surface area contributed by atoms with Crippen molar-refractivity contribution in [1.29, 1.82) is 0 Å². The third kappa shape index (κ3) is 6.42. The quantitative estimate of drug-likeness (QED) is 0.501. The molecule has 0 N–H and O–H groups in total. The van der Waals surface area contributed by atoms with Crippen molar-refractivity contribution in [1.82, 2.24) is 9.80 Å². The predicted octanol–water partition coefficient (Wildman–Crippen LogP) is 5.39. The number of hydrogen-bond acceptors (Lipinski definition) is 3. The highest BCUT2D eigenvalue weighted by molar-refractivity contribution is 6.30. The summed E-state index contributed by atoms with van der Waals surface area (Å²) in [5.74, 6) is 1.03. The number of benzene rings is 2. The Balaban J connectivity index is 1.35. The van der Waals surface area contributed by atoms with Crippen LogP contribution in [-0.2, 0) is 17.8 Å². The number of piperidine rings is 1. The van der Waals surface area contributed by atoms with Crippen LogP contribution >= 0.6 is 11.6 Å². The lowest BCUT2D eigenvalue weighted by Gasteiger charge is -2.39. The summed E-state index contributed by atoms with van der Waals surface area (Å²) in [6.45, 7) is 0.218. The summed E-state index contributed by atoms with van der Waals surface area (Å²) in [6.07, 6.45) is 4.56. The van der Waals surface area contributed by atoms with Gasteiger partial charge in [-0.2, -0.15) is 8.78 Å². The molecule has 0 spiro atoms. The number of para-hydroxylation sites is 1. The molecule has 2 fully saturated rings. The second-order valence-corrected chi connectivity index (χ2v) is 9.22. The van der Waals surface area contributed by atoms with Gasteiger partial charge in [-0.25, -0.2) is 0 Å². The van der Waals surface area contributed by atoms with E-state index in [9.17, 15) is 13.6 Å². The molecule has 0 atom stereocenters. The summed E-state index contributed by atoms with van der Waals surface area (Å²) in [7, 11) is 0. The van der Waals surface area contributed by atoms with Crippen LogP contribution in [0.4, 0.5) is 8.78 Å². The molecule has 1 heterocycles. The van der Waals surface area contributed by atoms with Crippen molar-refractivity contribution >= 4 is 17.5 Å². The van der Waals surface area contributed by atoms with Gasteiger partial charge in [0.2, 0.25) is 5.91 Å². The van der Waals surface area contributed by atoms with Crippen LogP contribution in [0, 0.1) is 5.92 Å². The minimum Gasteiger partial charge on any atom is -0.434 e. The molecule has 0 unspecified atom stereocenters. The molecule has 0 radical (unpaired) electrons. The number of carbonyl (C=O) groups is 1. The Morgan fingerprint density at radius 2 is 1.75 bits per heavy atom. The Hall–Kier alpha value is -2.18. The molecule has 0 bridgehead atoms. The minimum atomic E-state index is -2.83. The van der Waals surface area contributed by atoms with Crippen molar-refractivity contribution in [2.75, 3.05) is 19.6 Å². The van der Waals surface area contributed by atoms with Crippen molar-refractivity contribution < 1.29 is 18.3 Å². The van der Waals surface area contributed by atoms with Crippen LogP contribution in [0.1, 0.15) is 36.8 Å². The Bertz CT molecular complexity index is 897. The second kappa shape index (κ2) is 10.6. The van der Waals surface area contributed by atoms with Gasteiger partial charge in [0.05, 0.1) is 6.42 Å². The highest BCUT2D eigenvalue weighted by atomic mass is 35.5. The molecular formula is C25H29ClF2N2O2. The van der Waals surface area contributed by atoms with Crippen molar-refractivity contribution in [3.63, 3.8) is 0 Å². The molecule has 2 aliphatic rings. The molecule has 1 saturated carbocycles. The van der Waals surface area contributed by atoms with Gasteiger partial charge in [-0.15, -0.1) is 0 Å². The first-order valence-electron chi connectivity index (χ1n) is 11.3. The van der Waals surface area contributed by atoms with Gasteiger partial charge in [-0.05, 0) is 55.4 Å². The molecule has 7 heteroatoms. The van der Waals surface area contributed by atoms with E-state index in [1.807, 2.05) is 36.4 Å². The molecule has 4 rings (SSSR count). The third-order valence-electron chi connectivity index (χ3n) is 6.32. The van der Waals surface area contributed by atoms with E-state index in [1.165, 1.54) is 12.8 Å². The second-order valence-electron chi connectivity index (χ2n) is 8.79. The van der Waals surface area contributed by atoms with E-state index < -0.39 is 6.61 Å². The molecular weight excluding hydrogens is 434 g/mol. The van der Waals surface area contributed by atoms with Crippen molar-refractivity contribution in [2.24, 2.45) is 5.92 Å². The first-order chi connectivity index (χ1) is 15.5. The van der Waals surface area contributed by atoms with E-state index in [2.05, 4.69) is 14.5 Å². The predicted molar refractivity (Wildman–Crippen MR) is 121 cm³/mol. The zero-order valence-corrected chi connectivity index (χ0v) is 18.8. The topological polar surface area (TPSA) is 32.8 Å². The van der Waals surface area contributed by atoms with Crippen LogP contribution in [0.5, 0.6) is 5.75 Å². The molecule has 4 nitrogen and oxygen atoms in total. The average molecular weight is 463 g/mol. The van der Waals surface area contributed by atoms with Gasteiger partial charge in [0.1, 0.15) is 5.75 Å². The summed E-state index contributed by atoms with van der Waals surface area (Å²) < 4.78 is 30.1. The summed E-state index contributed by atoms with van der Waals surface area (Å²) in [5.41, 5.74) is 1.74. The van der Waals surface area contributed by atoms with Gasteiger partial charge >= 0.3 is 6.61 Å². The minimum absolute atomic E-state index is 0.174. The van der Waals surface area contributed by atoms with Crippen LogP contribution in [0.3, 0.4) is 0 Å². The molecule has 2 aromatic rings. The monoisotopic (exact) mass is 462 g/mol. The maximum atomic E-state index is 13.2. The van der Waals surface area contributed by atoms with Gasteiger partial charge in [0.15, 0.2) is 0 Å². The molecule has 172 valence electrons. The maximum absolute atomic E-state index is 13.2. The van der Waals surface area contributed by atoms with Gasteiger partial charge in [0.25, 0.3) is 0 Å². The first kappa shape index (κ1) is 23.0. The van der Waals surface area contributed by atoms with E-state index in [-0.39, 0.29) is 17.7 Å². The van der Waals surface area contributed by atoms with Gasteiger partial charge in [-0.3, -0.25) is 9.69 Å². The zero-order valence-electron chi connectivity index (χ0n) is 18.1.